The van der Waals surface area contributed by atoms with E-state index in [0.717, 1.165) is 32.1 Å². The number of rotatable bonds is 5. The molecule has 1 aromatic carbocycles. The molecular formula is C25H33NO5S. The summed E-state index contributed by atoms with van der Waals surface area (Å²) in [5.41, 5.74) is 3.46. The van der Waals surface area contributed by atoms with Gasteiger partial charge in [0.05, 0.1) is 16.9 Å². The van der Waals surface area contributed by atoms with Crippen molar-refractivity contribution in [1.82, 2.24) is 5.32 Å². The quantitative estimate of drug-likeness (QED) is 0.684. The summed E-state index contributed by atoms with van der Waals surface area (Å²) in [5.74, 6) is 0.483. The number of ether oxygens (including phenoxy) is 1. The van der Waals surface area contributed by atoms with Crippen molar-refractivity contribution >= 4 is 21.7 Å². The monoisotopic (exact) mass is 459 g/mol. The highest BCUT2D eigenvalue weighted by molar-refractivity contribution is 7.91. The van der Waals surface area contributed by atoms with Gasteiger partial charge in [-0.15, -0.1) is 0 Å². The molecule has 3 atom stereocenters. The Morgan fingerprint density at radius 1 is 1.09 bits per heavy atom. The van der Waals surface area contributed by atoms with Crippen molar-refractivity contribution in [2.75, 3.05) is 18.1 Å². The average molecular weight is 460 g/mol. The lowest BCUT2D eigenvalue weighted by atomic mass is 9.43. The smallest absolute Gasteiger partial charge is 0.312 e. The highest BCUT2D eigenvalue weighted by Gasteiger charge is 2.61. The van der Waals surface area contributed by atoms with Gasteiger partial charge in [0.1, 0.15) is 0 Å². The molecule has 0 aromatic heterocycles. The number of hydrogen-bond acceptors (Lipinski definition) is 5. The molecule has 1 amide bonds. The number of esters is 1. The van der Waals surface area contributed by atoms with E-state index >= 15 is 0 Å². The molecule has 6 nitrogen and oxygen atoms in total. The Labute approximate surface area is 190 Å². The van der Waals surface area contributed by atoms with E-state index in [1.54, 1.807) is 0 Å². The minimum Gasteiger partial charge on any atom is -0.455 e. The molecule has 32 heavy (non-hydrogen) atoms. The van der Waals surface area contributed by atoms with E-state index in [4.69, 9.17) is 4.74 Å². The first-order valence-electron chi connectivity index (χ1n) is 11.8. The first-order valence-corrected chi connectivity index (χ1v) is 13.7. The van der Waals surface area contributed by atoms with Gasteiger partial charge < -0.3 is 10.1 Å². The van der Waals surface area contributed by atoms with Gasteiger partial charge in [-0.25, -0.2) is 8.42 Å². The summed E-state index contributed by atoms with van der Waals surface area (Å²) in [6.07, 6.45) is 6.41. The molecule has 6 rings (SSSR count). The number of benzene rings is 1. The van der Waals surface area contributed by atoms with Crippen LogP contribution in [0.4, 0.5) is 0 Å². The van der Waals surface area contributed by atoms with E-state index in [2.05, 4.69) is 37.4 Å². The Hall–Kier alpha value is -1.89. The summed E-state index contributed by atoms with van der Waals surface area (Å²) in [4.78, 5) is 25.7. The van der Waals surface area contributed by atoms with Gasteiger partial charge in [0.15, 0.2) is 16.4 Å². The molecule has 1 saturated heterocycles. The van der Waals surface area contributed by atoms with Crippen LogP contribution in [0.3, 0.4) is 0 Å². The number of sulfone groups is 1. The Balaban J connectivity index is 1.28. The molecule has 1 aliphatic heterocycles. The van der Waals surface area contributed by atoms with Crippen LogP contribution in [0.1, 0.15) is 61.6 Å². The molecule has 4 saturated carbocycles. The molecule has 1 N–H and O–H groups in total. The van der Waals surface area contributed by atoms with Crippen molar-refractivity contribution in [2.24, 2.45) is 17.3 Å². The van der Waals surface area contributed by atoms with Gasteiger partial charge >= 0.3 is 5.97 Å². The maximum absolute atomic E-state index is 13.3. The maximum atomic E-state index is 13.3. The zero-order valence-electron chi connectivity index (χ0n) is 19.0. The molecule has 1 heterocycles. The first-order chi connectivity index (χ1) is 15.1. The highest BCUT2D eigenvalue weighted by Crippen LogP contribution is 2.66. The fraction of sp³-hybridized carbons (Fsp3) is 0.680. The maximum Gasteiger partial charge on any atom is 0.312 e. The van der Waals surface area contributed by atoms with Crippen molar-refractivity contribution in [1.29, 1.82) is 0 Å². The van der Waals surface area contributed by atoms with Crippen LogP contribution in [0.25, 0.3) is 0 Å². The van der Waals surface area contributed by atoms with Crippen molar-refractivity contribution < 1.29 is 22.7 Å². The van der Waals surface area contributed by atoms with E-state index in [1.807, 2.05) is 0 Å². The first kappa shape index (κ1) is 21.9. The molecule has 4 bridgehead atoms. The van der Waals surface area contributed by atoms with Crippen molar-refractivity contribution in [3.63, 3.8) is 0 Å². The van der Waals surface area contributed by atoms with Crippen LogP contribution in [-0.4, -0.2) is 44.4 Å². The van der Waals surface area contributed by atoms with Crippen LogP contribution in [0.5, 0.6) is 0 Å². The lowest BCUT2D eigenvalue weighted by molar-refractivity contribution is -0.175. The van der Waals surface area contributed by atoms with Gasteiger partial charge in [0, 0.05) is 6.04 Å². The molecule has 5 fully saturated rings. The van der Waals surface area contributed by atoms with Crippen molar-refractivity contribution in [2.45, 2.75) is 70.3 Å². The Bertz CT molecular complexity index is 1050. The second kappa shape index (κ2) is 7.57. The predicted molar refractivity (Wildman–Crippen MR) is 121 cm³/mol. The molecule has 4 aliphatic carbocycles. The summed E-state index contributed by atoms with van der Waals surface area (Å²) < 4.78 is 28.8. The predicted octanol–water partition coefficient (Wildman–Crippen LogP) is 2.99. The topological polar surface area (TPSA) is 89.5 Å². The number of nitrogens with one attached hydrogen (secondary N) is 1. The summed E-state index contributed by atoms with van der Waals surface area (Å²) in [5, 5.41) is 2.71. The van der Waals surface area contributed by atoms with E-state index in [-0.39, 0.29) is 35.5 Å². The molecular weight excluding hydrogens is 426 g/mol. The fourth-order valence-corrected chi connectivity index (χ4v) is 9.05. The highest BCUT2D eigenvalue weighted by atomic mass is 32.2. The van der Waals surface area contributed by atoms with Crippen molar-refractivity contribution in [3.8, 4) is 0 Å². The summed E-state index contributed by atoms with van der Waals surface area (Å²) in [6.45, 7) is 3.95. The molecule has 0 unspecified atom stereocenters. The molecule has 0 spiro atoms. The van der Waals surface area contributed by atoms with Gasteiger partial charge in [-0.1, -0.05) is 18.2 Å². The van der Waals surface area contributed by atoms with Gasteiger partial charge in [-0.2, -0.15) is 0 Å². The molecule has 0 radical (unpaired) electrons. The average Bonchev–Trinajstić information content (AvgIpc) is 3.05. The van der Waals surface area contributed by atoms with Gasteiger partial charge in [0.2, 0.25) is 0 Å². The number of hydrogen-bond donors (Lipinski definition) is 1. The van der Waals surface area contributed by atoms with Gasteiger partial charge in [-0.05, 0) is 92.7 Å². The normalized spacial score (nSPS) is 36.8. The van der Waals surface area contributed by atoms with Crippen LogP contribution < -0.4 is 5.32 Å². The third-order valence-electron chi connectivity index (χ3n) is 8.55. The summed E-state index contributed by atoms with van der Waals surface area (Å²) in [6, 6.07) is 6.38. The number of carbonyl (C=O) groups is 2. The molecule has 1 aromatic rings. The lowest BCUT2D eigenvalue weighted by Crippen LogP contribution is -2.57. The van der Waals surface area contributed by atoms with Crippen LogP contribution >= 0.6 is 0 Å². The van der Waals surface area contributed by atoms with Crippen molar-refractivity contribution in [3.05, 3.63) is 34.9 Å². The molecule has 7 heteroatoms. The van der Waals surface area contributed by atoms with Crippen LogP contribution in [-0.2, 0) is 29.6 Å². The minimum absolute atomic E-state index is 0.0293. The van der Waals surface area contributed by atoms with E-state index in [9.17, 15) is 18.0 Å². The van der Waals surface area contributed by atoms with E-state index in [1.165, 1.54) is 23.1 Å². The van der Waals surface area contributed by atoms with Crippen LogP contribution in [0.15, 0.2) is 18.2 Å². The zero-order chi connectivity index (χ0) is 22.7. The Morgan fingerprint density at radius 2 is 1.81 bits per heavy atom. The fourth-order valence-electron chi connectivity index (χ4n) is 7.37. The molecule has 5 aliphatic rings. The summed E-state index contributed by atoms with van der Waals surface area (Å²) in [7, 11) is -3.06. The summed E-state index contributed by atoms with van der Waals surface area (Å²) >= 11 is 0. The third kappa shape index (κ3) is 3.87. The Kier molecular flexibility index (Phi) is 5.19. The third-order valence-corrected chi connectivity index (χ3v) is 10.3. The van der Waals surface area contributed by atoms with Crippen LogP contribution in [0, 0.1) is 31.1 Å². The number of carbonyl (C=O) groups excluding carboxylic acids is 2. The second-order valence-corrected chi connectivity index (χ2v) is 13.3. The largest absolute Gasteiger partial charge is 0.455 e. The van der Waals surface area contributed by atoms with Gasteiger partial charge in [-0.3, -0.25) is 9.59 Å². The van der Waals surface area contributed by atoms with Crippen LogP contribution in [0.2, 0.25) is 0 Å². The number of aryl methyl sites for hydroxylation is 2. The second-order valence-electron chi connectivity index (χ2n) is 11.1. The standard InChI is InChI=1S/C25H33NO5S/c1-16-3-4-20(7-17(16)2)24-9-18-8-19(10-24)12-25(11-18,15-24)23(28)31-13-22(27)26-21-5-6-32(29,30)14-21/h3-4,7,18-19,21H,5-6,8-15H2,1-2H3,(H,26,27)/t18-,19-,21+,24?,25?/m1/s1. The van der Waals surface area contributed by atoms with E-state index < -0.39 is 21.2 Å². The lowest BCUT2D eigenvalue weighted by Gasteiger charge is -2.61. The molecule has 174 valence electrons. The zero-order valence-corrected chi connectivity index (χ0v) is 19.8. The Morgan fingerprint density at radius 3 is 2.44 bits per heavy atom. The minimum atomic E-state index is -3.06. The SMILES string of the molecule is Cc1ccc(C23C[C@H]4C[C@@H](CC(C(=O)OCC(=O)N[C@H]5CCS(=O)(=O)C5)(C4)C2)C3)cc1C. The number of amides is 1. The van der Waals surface area contributed by atoms with E-state index in [0.29, 0.717) is 18.3 Å². The van der Waals surface area contributed by atoms with Gasteiger partial charge in [0.25, 0.3) is 5.91 Å².